The molecule has 1 aromatic carbocycles. The van der Waals surface area contributed by atoms with E-state index in [4.69, 9.17) is 9.25 Å². The first-order chi connectivity index (χ1) is 11.1. The van der Waals surface area contributed by atoms with Gasteiger partial charge in [0.1, 0.15) is 10.6 Å². The number of nitrogens with zero attached hydrogens (tertiary/aromatic N) is 3. The summed E-state index contributed by atoms with van der Waals surface area (Å²) in [5.74, 6) is 0.557. The molecule has 6 nitrogen and oxygen atoms in total. The molecule has 0 saturated heterocycles. The van der Waals surface area contributed by atoms with Gasteiger partial charge in [0, 0.05) is 23.8 Å². The molecule has 120 valence electrons. The molecule has 2 aromatic heterocycles. The second-order valence-electron chi connectivity index (χ2n) is 4.77. The van der Waals surface area contributed by atoms with Gasteiger partial charge in [0.05, 0.1) is 7.11 Å². The second kappa shape index (κ2) is 6.69. The summed E-state index contributed by atoms with van der Waals surface area (Å²) in [6.45, 7) is 1.91. The lowest BCUT2D eigenvalue weighted by molar-refractivity contribution is -0.0773. The Balaban J connectivity index is 1.97. The van der Waals surface area contributed by atoms with Crippen LogP contribution >= 0.6 is 23.1 Å². The van der Waals surface area contributed by atoms with E-state index in [-0.39, 0.29) is 5.91 Å². The molecule has 2 heterocycles. The minimum Gasteiger partial charge on any atom is -0.450 e. The lowest BCUT2D eigenvalue weighted by atomic mass is 10.1. The van der Waals surface area contributed by atoms with Crippen LogP contribution in [0.25, 0.3) is 11.0 Å². The van der Waals surface area contributed by atoms with Crippen LogP contribution in [0.4, 0.5) is 0 Å². The van der Waals surface area contributed by atoms with Crippen LogP contribution in [0.1, 0.15) is 21.1 Å². The average molecular weight is 349 g/mol. The van der Waals surface area contributed by atoms with Crippen molar-refractivity contribution >= 4 is 40.0 Å². The van der Waals surface area contributed by atoms with Crippen LogP contribution in [0, 0.1) is 6.92 Å². The molecule has 0 bridgehead atoms. The Morgan fingerprint density at radius 3 is 2.87 bits per heavy atom. The molecule has 0 spiro atoms. The summed E-state index contributed by atoms with van der Waals surface area (Å²) >= 11 is 3.07. The molecule has 0 N–H and O–H groups in total. The van der Waals surface area contributed by atoms with E-state index in [1.807, 2.05) is 31.2 Å². The van der Waals surface area contributed by atoms with Crippen LogP contribution in [0.15, 0.2) is 33.0 Å². The average Bonchev–Trinajstić information content (AvgIpc) is 3.14. The zero-order chi connectivity index (χ0) is 16.4. The van der Waals surface area contributed by atoms with Crippen LogP contribution in [-0.2, 0) is 10.6 Å². The summed E-state index contributed by atoms with van der Waals surface area (Å²) in [5.41, 5.74) is 1.52. The number of carbonyl (C=O) groups is 1. The normalized spacial score (nSPS) is 11.1. The van der Waals surface area contributed by atoms with E-state index in [1.54, 1.807) is 7.05 Å². The minimum atomic E-state index is -0.312. The molecular weight excluding hydrogens is 334 g/mol. The van der Waals surface area contributed by atoms with Gasteiger partial charge < -0.3 is 4.42 Å². The Labute approximate surface area is 141 Å². The predicted octanol–water partition coefficient (Wildman–Crippen LogP) is 3.52. The Kier molecular flexibility index (Phi) is 4.65. The molecular formula is C15H15N3O3S2. The third-order valence-corrected chi connectivity index (χ3v) is 5.30. The van der Waals surface area contributed by atoms with Gasteiger partial charge in [-0.05, 0) is 13.0 Å². The number of hydroxylamine groups is 2. The van der Waals surface area contributed by atoms with Crippen molar-refractivity contribution in [2.75, 3.05) is 14.2 Å². The van der Waals surface area contributed by atoms with Crippen LogP contribution < -0.4 is 0 Å². The topological polar surface area (TPSA) is 68.5 Å². The number of hydrogen-bond donors (Lipinski definition) is 0. The Bertz CT molecular complexity index is 843. The fourth-order valence-corrected chi connectivity index (χ4v) is 3.95. The fourth-order valence-electron chi connectivity index (χ4n) is 2.11. The maximum absolute atomic E-state index is 12.5. The highest BCUT2D eigenvalue weighted by Gasteiger charge is 2.23. The van der Waals surface area contributed by atoms with E-state index < -0.39 is 0 Å². The molecule has 0 aliphatic carbocycles. The molecule has 23 heavy (non-hydrogen) atoms. The molecule has 0 aliphatic rings. The lowest BCUT2D eigenvalue weighted by Gasteiger charge is -2.12. The Hall–Kier alpha value is -1.90. The summed E-state index contributed by atoms with van der Waals surface area (Å²) in [6, 6.07) is 7.60. The molecule has 0 atom stereocenters. The van der Waals surface area contributed by atoms with Crippen molar-refractivity contribution in [3.05, 3.63) is 40.6 Å². The Morgan fingerprint density at radius 1 is 1.39 bits per heavy atom. The number of para-hydroxylation sites is 1. The van der Waals surface area contributed by atoms with E-state index in [9.17, 15) is 4.79 Å². The number of thioether (sulfide) groups is 1. The highest BCUT2D eigenvalue weighted by Crippen LogP contribution is 2.33. The maximum Gasteiger partial charge on any atom is 0.313 e. The summed E-state index contributed by atoms with van der Waals surface area (Å²) in [6.07, 6.45) is 0. The van der Waals surface area contributed by atoms with Gasteiger partial charge in [-0.15, -0.1) is 10.2 Å². The molecule has 0 aliphatic heterocycles. The molecule has 3 rings (SSSR count). The third-order valence-electron chi connectivity index (χ3n) is 3.30. The van der Waals surface area contributed by atoms with Crippen molar-refractivity contribution in [3.63, 3.8) is 0 Å². The summed E-state index contributed by atoms with van der Waals surface area (Å²) < 4.78 is 6.63. The van der Waals surface area contributed by atoms with Gasteiger partial charge in [0.25, 0.3) is 0 Å². The molecule has 0 radical (unpaired) electrons. The summed E-state index contributed by atoms with van der Waals surface area (Å²) in [4.78, 5) is 17.4. The van der Waals surface area contributed by atoms with Gasteiger partial charge in [-0.25, -0.2) is 5.06 Å². The number of furan rings is 1. The van der Waals surface area contributed by atoms with Gasteiger partial charge in [-0.3, -0.25) is 9.63 Å². The molecule has 1 amide bonds. The van der Waals surface area contributed by atoms with Crippen molar-refractivity contribution in [2.24, 2.45) is 0 Å². The smallest absolute Gasteiger partial charge is 0.313 e. The lowest BCUT2D eigenvalue weighted by Crippen LogP contribution is -2.25. The van der Waals surface area contributed by atoms with E-state index in [1.165, 1.54) is 30.2 Å². The number of aromatic nitrogens is 2. The molecule has 8 heteroatoms. The first-order valence-electron chi connectivity index (χ1n) is 6.85. The van der Waals surface area contributed by atoms with E-state index >= 15 is 0 Å². The van der Waals surface area contributed by atoms with E-state index in [2.05, 4.69) is 10.2 Å². The first kappa shape index (κ1) is 16.0. The monoisotopic (exact) mass is 349 g/mol. The number of fused-ring (bicyclic) bond motifs is 1. The highest BCUT2D eigenvalue weighted by atomic mass is 32.2. The standard InChI is InChI=1S/C15H15N3O3S2/c1-9-16-17-15(23-9)22-8-11-10-6-4-5-7-12(10)21-13(11)14(19)18(2)20-3/h4-7H,8H2,1-3H3. The minimum absolute atomic E-state index is 0.296. The van der Waals surface area contributed by atoms with E-state index in [0.29, 0.717) is 17.1 Å². The number of carbonyl (C=O) groups excluding carboxylic acids is 1. The molecule has 0 fully saturated rings. The molecule has 0 unspecified atom stereocenters. The van der Waals surface area contributed by atoms with Crippen molar-refractivity contribution in [1.29, 1.82) is 0 Å². The van der Waals surface area contributed by atoms with Gasteiger partial charge in [-0.1, -0.05) is 41.3 Å². The third kappa shape index (κ3) is 3.24. The zero-order valence-electron chi connectivity index (χ0n) is 12.9. The largest absolute Gasteiger partial charge is 0.450 e. The highest BCUT2D eigenvalue weighted by molar-refractivity contribution is 8.00. The fraction of sp³-hybridized carbons (Fsp3) is 0.267. The Morgan fingerprint density at radius 2 is 2.17 bits per heavy atom. The maximum atomic E-state index is 12.5. The van der Waals surface area contributed by atoms with E-state index in [0.717, 1.165) is 25.4 Å². The second-order valence-corrected chi connectivity index (χ2v) is 7.17. The van der Waals surface area contributed by atoms with Crippen LogP contribution in [0.5, 0.6) is 0 Å². The van der Waals surface area contributed by atoms with Gasteiger partial charge in [0.15, 0.2) is 10.1 Å². The quantitative estimate of drug-likeness (QED) is 0.518. The zero-order valence-corrected chi connectivity index (χ0v) is 14.5. The summed E-state index contributed by atoms with van der Waals surface area (Å²) in [5, 5.41) is 11.1. The number of aryl methyl sites for hydroxylation is 1. The number of hydrogen-bond acceptors (Lipinski definition) is 7. The van der Waals surface area contributed by atoms with Crippen LogP contribution in [0.2, 0.25) is 0 Å². The summed E-state index contributed by atoms with van der Waals surface area (Å²) in [7, 11) is 3.00. The van der Waals surface area contributed by atoms with Gasteiger partial charge in [-0.2, -0.15) is 0 Å². The van der Waals surface area contributed by atoms with Crippen molar-refractivity contribution in [1.82, 2.24) is 15.3 Å². The SMILES string of the molecule is CON(C)C(=O)c1oc2ccccc2c1CSc1nnc(C)s1. The molecule has 0 saturated carbocycles. The number of benzene rings is 1. The van der Waals surface area contributed by atoms with Gasteiger partial charge >= 0.3 is 5.91 Å². The van der Waals surface area contributed by atoms with Crippen molar-refractivity contribution < 1.29 is 14.0 Å². The van der Waals surface area contributed by atoms with Crippen LogP contribution in [-0.4, -0.2) is 35.3 Å². The number of amides is 1. The number of rotatable bonds is 5. The van der Waals surface area contributed by atoms with Crippen molar-refractivity contribution in [2.45, 2.75) is 17.0 Å². The van der Waals surface area contributed by atoms with Crippen LogP contribution in [0.3, 0.4) is 0 Å². The predicted molar refractivity (Wildman–Crippen MR) is 89.5 cm³/mol. The molecule has 3 aromatic rings. The first-order valence-corrected chi connectivity index (χ1v) is 8.66. The van der Waals surface area contributed by atoms with Crippen molar-refractivity contribution in [3.8, 4) is 0 Å². The van der Waals surface area contributed by atoms with Gasteiger partial charge in [0.2, 0.25) is 0 Å².